The van der Waals surface area contributed by atoms with Crippen molar-refractivity contribution in [3.05, 3.63) is 54.4 Å². The number of aryl methyl sites for hydroxylation is 1. The van der Waals surface area contributed by atoms with Gasteiger partial charge in [0.2, 0.25) is 0 Å². The molecule has 0 atom stereocenters. The van der Waals surface area contributed by atoms with Gasteiger partial charge in [0.25, 0.3) is 5.91 Å². The zero-order chi connectivity index (χ0) is 19.1. The number of fused-ring (bicyclic) bond motifs is 1. The highest BCUT2D eigenvalue weighted by Gasteiger charge is 2.28. The van der Waals surface area contributed by atoms with Gasteiger partial charge in [-0.25, -0.2) is 4.68 Å². The highest BCUT2D eigenvalue weighted by atomic mass is 16.2. The third-order valence-electron chi connectivity index (χ3n) is 5.20. The minimum Gasteiger partial charge on any atom is -0.337 e. The van der Waals surface area contributed by atoms with Crippen molar-refractivity contribution in [1.29, 1.82) is 0 Å². The number of rotatable bonds is 3. The molecule has 10 nitrogen and oxygen atoms in total. The van der Waals surface area contributed by atoms with Crippen molar-refractivity contribution in [2.45, 2.75) is 18.8 Å². The molecule has 10 heteroatoms. The normalized spacial score (nSPS) is 15.4. The zero-order valence-corrected chi connectivity index (χ0v) is 15.4. The predicted molar refractivity (Wildman–Crippen MR) is 99.0 cm³/mol. The third-order valence-corrected chi connectivity index (χ3v) is 5.20. The molecule has 0 aliphatic carbocycles. The largest absolute Gasteiger partial charge is 0.337 e. The monoisotopic (exact) mass is 377 g/mol. The average molecular weight is 377 g/mol. The number of hydrogen-bond donors (Lipinski definition) is 0. The van der Waals surface area contributed by atoms with E-state index in [2.05, 4.69) is 25.5 Å². The molecule has 0 N–H and O–H groups in total. The molecule has 1 amide bonds. The fourth-order valence-corrected chi connectivity index (χ4v) is 3.66. The van der Waals surface area contributed by atoms with Gasteiger partial charge in [0.15, 0.2) is 17.3 Å². The molecule has 1 saturated heterocycles. The molecule has 0 bridgehead atoms. The maximum Gasteiger partial charge on any atom is 0.272 e. The number of aromatic nitrogens is 8. The lowest BCUT2D eigenvalue weighted by molar-refractivity contribution is 0.0699. The van der Waals surface area contributed by atoms with Crippen LogP contribution in [0, 0.1) is 0 Å². The standard InChI is InChI=1S/C18H19N9O/c1-24-14(5-9-19-24)18(28)25-11-6-13(7-12-25)17-22-21-15-3-4-16(23-27(15)17)26-10-2-8-20-26/h2-5,8-10,13H,6-7,11-12H2,1H3. The Hall–Kier alpha value is -3.56. The molecule has 5 heterocycles. The smallest absolute Gasteiger partial charge is 0.272 e. The highest BCUT2D eigenvalue weighted by molar-refractivity contribution is 5.92. The highest BCUT2D eigenvalue weighted by Crippen LogP contribution is 2.27. The molecule has 0 unspecified atom stereocenters. The summed E-state index contributed by atoms with van der Waals surface area (Å²) >= 11 is 0. The van der Waals surface area contributed by atoms with Crippen molar-refractivity contribution in [3.8, 4) is 5.82 Å². The molecule has 0 aromatic carbocycles. The van der Waals surface area contributed by atoms with Crippen molar-refractivity contribution in [2.24, 2.45) is 7.05 Å². The molecule has 28 heavy (non-hydrogen) atoms. The van der Waals surface area contributed by atoms with Gasteiger partial charge in [0, 0.05) is 44.6 Å². The maximum absolute atomic E-state index is 12.7. The number of likely N-dealkylation sites (tertiary alicyclic amines) is 1. The molecule has 4 aromatic heterocycles. The van der Waals surface area contributed by atoms with Crippen LogP contribution in [0.25, 0.3) is 11.5 Å². The van der Waals surface area contributed by atoms with E-state index < -0.39 is 0 Å². The number of carbonyl (C=O) groups is 1. The molecule has 1 aliphatic rings. The van der Waals surface area contributed by atoms with Gasteiger partial charge in [-0.1, -0.05) is 0 Å². The van der Waals surface area contributed by atoms with Crippen LogP contribution in [0.2, 0.25) is 0 Å². The van der Waals surface area contributed by atoms with Crippen molar-refractivity contribution in [3.63, 3.8) is 0 Å². The molecule has 5 rings (SSSR count). The topological polar surface area (TPSA) is 99.0 Å². The van der Waals surface area contributed by atoms with Gasteiger partial charge in [-0.2, -0.15) is 14.7 Å². The summed E-state index contributed by atoms with van der Waals surface area (Å²) in [6.07, 6.45) is 6.84. The Kier molecular flexibility index (Phi) is 3.89. The summed E-state index contributed by atoms with van der Waals surface area (Å²) in [6.45, 7) is 1.34. The Morgan fingerprint density at radius 3 is 2.64 bits per heavy atom. The number of piperidine rings is 1. The van der Waals surface area contributed by atoms with Gasteiger partial charge in [-0.15, -0.1) is 15.3 Å². The maximum atomic E-state index is 12.7. The second-order valence-corrected chi connectivity index (χ2v) is 6.88. The Labute approximate surface area is 160 Å². The number of carbonyl (C=O) groups excluding carboxylic acids is 1. The van der Waals surface area contributed by atoms with Gasteiger partial charge in [-0.3, -0.25) is 9.48 Å². The van der Waals surface area contributed by atoms with Crippen LogP contribution >= 0.6 is 0 Å². The van der Waals surface area contributed by atoms with Crippen LogP contribution in [0.15, 0.2) is 42.9 Å². The van der Waals surface area contributed by atoms with Gasteiger partial charge < -0.3 is 4.90 Å². The third kappa shape index (κ3) is 2.73. The minimum atomic E-state index is 0.0173. The second kappa shape index (κ2) is 6.55. The van der Waals surface area contributed by atoms with Crippen molar-refractivity contribution in [1.82, 2.24) is 44.3 Å². The van der Waals surface area contributed by atoms with Crippen LogP contribution in [0.4, 0.5) is 0 Å². The quantitative estimate of drug-likeness (QED) is 0.529. The first kappa shape index (κ1) is 16.6. The molecule has 142 valence electrons. The Morgan fingerprint density at radius 2 is 1.93 bits per heavy atom. The Bertz CT molecular complexity index is 1120. The van der Waals surface area contributed by atoms with Gasteiger partial charge in [0.05, 0.1) is 0 Å². The minimum absolute atomic E-state index is 0.0173. The first-order valence-electron chi connectivity index (χ1n) is 9.20. The molecule has 0 saturated carbocycles. The molecular weight excluding hydrogens is 358 g/mol. The van der Waals surface area contributed by atoms with Crippen LogP contribution in [-0.4, -0.2) is 63.3 Å². The fraction of sp³-hybridized carbons (Fsp3) is 0.333. The lowest BCUT2D eigenvalue weighted by Gasteiger charge is -2.31. The summed E-state index contributed by atoms with van der Waals surface area (Å²) < 4.78 is 5.11. The molecule has 1 fully saturated rings. The van der Waals surface area contributed by atoms with Crippen LogP contribution in [0.5, 0.6) is 0 Å². The van der Waals surface area contributed by atoms with Gasteiger partial charge in [0.1, 0.15) is 5.69 Å². The molecule has 1 aliphatic heterocycles. The summed E-state index contributed by atoms with van der Waals surface area (Å²) in [5.41, 5.74) is 1.32. The van der Waals surface area contributed by atoms with E-state index >= 15 is 0 Å². The Balaban J connectivity index is 1.36. The zero-order valence-electron chi connectivity index (χ0n) is 15.4. The van der Waals surface area contributed by atoms with Gasteiger partial charge in [-0.05, 0) is 37.1 Å². The van der Waals surface area contributed by atoms with Crippen LogP contribution < -0.4 is 0 Å². The lowest BCUT2D eigenvalue weighted by atomic mass is 9.96. The summed E-state index contributed by atoms with van der Waals surface area (Å²) in [7, 11) is 1.78. The van der Waals surface area contributed by atoms with Crippen molar-refractivity contribution >= 4 is 11.6 Å². The van der Waals surface area contributed by atoms with E-state index in [1.807, 2.05) is 29.3 Å². The fourth-order valence-electron chi connectivity index (χ4n) is 3.66. The van der Waals surface area contributed by atoms with E-state index in [0.29, 0.717) is 30.2 Å². The summed E-state index contributed by atoms with van der Waals surface area (Å²) in [5, 5.41) is 21.6. The molecular formula is C18H19N9O. The van der Waals surface area contributed by atoms with Crippen molar-refractivity contribution < 1.29 is 4.79 Å². The lowest BCUT2D eigenvalue weighted by Crippen LogP contribution is -2.39. The SMILES string of the molecule is Cn1nccc1C(=O)N1CCC(c2nnc3ccc(-n4cccn4)nn23)CC1. The predicted octanol–water partition coefficient (Wildman–Crippen LogP) is 1.06. The number of amides is 1. The van der Waals surface area contributed by atoms with E-state index in [1.165, 1.54) is 0 Å². The van der Waals surface area contributed by atoms with Crippen molar-refractivity contribution in [2.75, 3.05) is 13.1 Å². The summed E-state index contributed by atoms with van der Waals surface area (Å²) in [6, 6.07) is 7.37. The van der Waals surface area contributed by atoms with Crippen LogP contribution in [0.3, 0.4) is 0 Å². The average Bonchev–Trinajstić information content (AvgIpc) is 3.48. The number of hydrogen-bond acceptors (Lipinski definition) is 6. The van der Waals surface area contributed by atoms with Crippen LogP contribution in [0.1, 0.15) is 35.1 Å². The molecule has 0 radical (unpaired) electrons. The van der Waals surface area contributed by atoms with E-state index in [0.717, 1.165) is 18.7 Å². The van der Waals surface area contributed by atoms with E-state index in [4.69, 9.17) is 0 Å². The van der Waals surface area contributed by atoms with E-state index in [9.17, 15) is 4.79 Å². The number of nitrogens with zero attached hydrogens (tertiary/aromatic N) is 9. The Morgan fingerprint density at radius 1 is 1.07 bits per heavy atom. The van der Waals surface area contributed by atoms with Gasteiger partial charge >= 0.3 is 0 Å². The van der Waals surface area contributed by atoms with E-state index in [1.54, 1.807) is 39.4 Å². The first-order valence-corrected chi connectivity index (χ1v) is 9.20. The van der Waals surface area contributed by atoms with Crippen LogP contribution in [-0.2, 0) is 7.05 Å². The second-order valence-electron chi connectivity index (χ2n) is 6.88. The summed E-state index contributed by atoms with van der Waals surface area (Å²) in [5.74, 6) is 1.76. The first-order chi connectivity index (χ1) is 13.7. The molecule has 4 aromatic rings. The summed E-state index contributed by atoms with van der Waals surface area (Å²) in [4.78, 5) is 14.5. The molecule has 0 spiro atoms. The van der Waals surface area contributed by atoms with E-state index in [-0.39, 0.29) is 11.8 Å².